The Morgan fingerprint density at radius 3 is 2.43 bits per heavy atom. The average Bonchev–Trinajstić information content (AvgIpc) is 3.39. The van der Waals surface area contributed by atoms with Crippen molar-refractivity contribution in [2.75, 3.05) is 12.0 Å². The summed E-state index contributed by atoms with van der Waals surface area (Å²) in [5.74, 6) is -3.35. The molecule has 12 heteroatoms. The van der Waals surface area contributed by atoms with Crippen LogP contribution in [0.2, 0.25) is 5.02 Å². The highest BCUT2D eigenvalue weighted by atomic mass is 35.5. The van der Waals surface area contributed by atoms with Crippen molar-refractivity contribution < 1.29 is 23.8 Å². The maximum Gasteiger partial charge on any atom is 0.352 e. The Morgan fingerprint density at radius 2 is 1.73 bits per heavy atom. The van der Waals surface area contributed by atoms with Crippen LogP contribution >= 0.6 is 11.6 Å². The van der Waals surface area contributed by atoms with Gasteiger partial charge in [0.15, 0.2) is 11.5 Å². The molecule has 7 rings (SSSR count). The number of amides is 2. The number of ether oxygens (including phenoxy) is 1. The highest BCUT2D eigenvalue weighted by Gasteiger charge is 2.65. The van der Waals surface area contributed by atoms with Crippen LogP contribution in [0.4, 0.5) is 10.1 Å². The maximum atomic E-state index is 14.4. The second-order valence-corrected chi connectivity index (χ2v) is 11.8. The predicted octanol–water partition coefficient (Wildman–Crippen LogP) is 4.17. The van der Waals surface area contributed by atoms with Crippen molar-refractivity contribution in [3.05, 3.63) is 116 Å². The second-order valence-electron chi connectivity index (χ2n) is 11.4. The summed E-state index contributed by atoms with van der Waals surface area (Å²) in [6, 6.07) is 16.2. The van der Waals surface area contributed by atoms with Crippen LogP contribution < -0.4 is 21.0 Å². The number of aromatic nitrogens is 3. The first-order valence-electron chi connectivity index (χ1n) is 14.0. The summed E-state index contributed by atoms with van der Waals surface area (Å²) in [7, 11) is 1.40. The van der Waals surface area contributed by atoms with Gasteiger partial charge >= 0.3 is 11.4 Å². The van der Waals surface area contributed by atoms with Crippen molar-refractivity contribution in [2.45, 2.75) is 31.8 Å². The van der Waals surface area contributed by atoms with Crippen LogP contribution in [-0.2, 0) is 16.1 Å². The summed E-state index contributed by atoms with van der Waals surface area (Å²) in [5, 5.41) is 10.1. The summed E-state index contributed by atoms with van der Waals surface area (Å²) in [5.41, 5.74) is -0.643. The number of phenolic OH excluding ortho intramolecular Hbond substituents is 1. The number of benzene rings is 3. The number of halogens is 2. The van der Waals surface area contributed by atoms with Gasteiger partial charge in [-0.3, -0.25) is 9.59 Å². The molecule has 1 saturated carbocycles. The molecule has 3 heterocycles. The average molecular weight is 617 g/mol. The first-order chi connectivity index (χ1) is 21.1. The SMILES string of the molecule is COc1cc([C@H]2C3=CCn4c(=O)n(-c5ccccc5)c(=O)n4[C@@H]3C[C@H]3C(=O)N(c4ccc(F)c(Cl)c4)C(=O)[C@@]23C)ccc1O. The number of phenols is 1. The lowest BCUT2D eigenvalue weighted by molar-refractivity contribution is -0.129. The molecule has 1 aromatic heterocycles. The molecule has 0 bridgehead atoms. The standard InChI is InChI=1S/C32H26ClFN4O6/c1-32-21(28(40)36(29(32)41)19-9-10-23(34)22(33)15-19)16-24-20(27(32)17-8-11-25(39)26(14-17)44-2)12-13-35-30(42)37(31(43)38(24)35)18-6-4-3-5-7-18/h3-12,14-15,21,24,27,39H,13,16H2,1-2H3/t21-,24+,27-,32+/m0/s1. The molecule has 4 atom stereocenters. The summed E-state index contributed by atoms with van der Waals surface area (Å²) in [6.45, 7) is 1.77. The molecule has 3 aliphatic rings. The van der Waals surface area contributed by atoms with E-state index in [-0.39, 0.29) is 35.2 Å². The number of fused-ring (bicyclic) bond motifs is 4. The van der Waals surface area contributed by atoms with Gasteiger partial charge in [-0.15, -0.1) is 0 Å². The minimum absolute atomic E-state index is 0.0577. The van der Waals surface area contributed by atoms with E-state index in [1.54, 1.807) is 49.4 Å². The topological polar surface area (TPSA) is 116 Å². The van der Waals surface area contributed by atoms with Crippen molar-refractivity contribution in [3.63, 3.8) is 0 Å². The van der Waals surface area contributed by atoms with Crippen LogP contribution in [0.3, 0.4) is 0 Å². The quantitative estimate of drug-likeness (QED) is 0.272. The van der Waals surface area contributed by atoms with Gasteiger partial charge in [0.1, 0.15) is 5.82 Å². The summed E-state index contributed by atoms with van der Waals surface area (Å²) in [4.78, 5) is 57.2. The van der Waals surface area contributed by atoms with Gasteiger partial charge < -0.3 is 9.84 Å². The number of imide groups is 1. The lowest BCUT2D eigenvalue weighted by Gasteiger charge is -2.47. The Bertz CT molecular complexity index is 2030. The van der Waals surface area contributed by atoms with E-state index in [0.717, 1.165) is 15.5 Å². The molecule has 224 valence electrons. The molecule has 1 aliphatic carbocycles. The number of para-hydroxylation sites is 1. The van der Waals surface area contributed by atoms with Crippen molar-refractivity contribution in [1.82, 2.24) is 13.9 Å². The largest absolute Gasteiger partial charge is 0.504 e. The van der Waals surface area contributed by atoms with Crippen molar-refractivity contribution in [2.24, 2.45) is 11.3 Å². The Balaban J connectivity index is 1.44. The highest BCUT2D eigenvalue weighted by molar-refractivity contribution is 6.31. The third-order valence-corrected chi connectivity index (χ3v) is 9.54. The monoisotopic (exact) mass is 616 g/mol. The van der Waals surface area contributed by atoms with Gasteiger partial charge in [-0.2, -0.15) is 0 Å². The third-order valence-electron chi connectivity index (χ3n) is 9.25. The van der Waals surface area contributed by atoms with E-state index in [9.17, 15) is 28.7 Å². The molecule has 1 saturated heterocycles. The highest BCUT2D eigenvalue weighted by Crippen LogP contribution is 2.61. The van der Waals surface area contributed by atoms with E-state index in [4.69, 9.17) is 16.3 Å². The minimum Gasteiger partial charge on any atom is -0.504 e. The Kier molecular flexibility index (Phi) is 6.22. The van der Waals surface area contributed by atoms with Crippen LogP contribution in [-0.4, -0.2) is 38.0 Å². The summed E-state index contributed by atoms with van der Waals surface area (Å²) in [6.07, 6.45) is 1.89. The Morgan fingerprint density at radius 1 is 0.977 bits per heavy atom. The van der Waals surface area contributed by atoms with Gasteiger partial charge in [-0.05, 0) is 66.9 Å². The molecule has 0 radical (unpaired) electrons. The first kappa shape index (κ1) is 27.9. The molecular weight excluding hydrogens is 591 g/mol. The number of carbonyl (C=O) groups excluding carboxylic acids is 2. The molecule has 3 aromatic carbocycles. The van der Waals surface area contributed by atoms with Gasteiger partial charge in [-0.25, -0.2) is 32.8 Å². The molecule has 1 N–H and O–H groups in total. The Hall–Kier alpha value is -4.90. The van der Waals surface area contributed by atoms with E-state index in [2.05, 4.69) is 0 Å². The van der Waals surface area contributed by atoms with Crippen molar-refractivity contribution in [1.29, 1.82) is 0 Å². The predicted molar refractivity (Wildman–Crippen MR) is 159 cm³/mol. The molecule has 4 aromatic rings. The Labute approximate surface area is 254 Å². The van der Waals surface area contributed by atoms with E-state index < -0.39 is 52.3 Å². The summed E-state index contributed by atoms with van der Waals surface area (Å²) < 4.78 is 23.3. The third kappa shape index (κ3) is 3.71. The molecule has 44 heavy (non-hydrogen) atoms. The minimum atomic E-state index is -1.35. The fraction of sp³-hybridized carbons (Fsp3) is 0.250. The number of methoxy groups -OCH3 is 1. The van der Waals surface area contributed by atoms with E-state index in [1.165, 1.54) is 34.7 Å². The maximum absolute atomic E-state index is 14.4. The van der Waals surface area contributed by atoms with Crippen LogP contribution in [0.1, 0.15) is 30.9 Å². The molecule has 0 spiro atoms. The molecule has 2 fully saturated rings. The van der Waals surface area contributed by atoms with Gasteiger partial charge in [-0.1, -0.05) is 41.9 Å². The van der Waals surface area contributed by atoms with Crippen LogP contribution in [0.25, 0.3) is 5.69 Å². The lowest BCUT2D eigenvalue weighted by atomic mass is 9.56. The smallest absolute Gasteiger partial charge is 0.352 e. The number of carbonyl (C=O) groups is 2. The van der Waals surface area contributed by atoms with Crippen LogP contribution in [0.15, 0.2) is 88.0 Å². The second kappa shape index (κ2) is 9.81. The van der Waals surface area contributed by atoms with Crippen molar-refractivity contribution in [3.8, 4) is 17.2 Å². The zero-order chi connectivity index (χ0) is 31.1. The molecule has 2 amide bonds. The lowest BCUT2D eigenvalue weighted by Crippen LogP contribution is -2.49. The fourth-order valence-electron chi connectivity index (χ4n) is 7.20. The fourth-order valence-corrected chi connectivity index (χ4v) is 7.37. The summed E-state index contributed by atoms with van der Waals surface area (Å²) >= 11 is 6.05. The van der Waals surface area contributed by atoms with E-state index in [1.807, 2.05) is 6.08 Å². The van der Waals surface area contributed by atoms with Gasteiger partial charge in [0.05, 0.1) is 47.4 Å². The number of allylic oxidation sites excluding steroid dienone is 2. The molecule has 2 aliphatic heterocycles. The van der Waals surface area contributed by atoms with Gasteiger partial charge in [0.25, 0.3) is 0 Å². The zero-order valence-electron chi connectivity index (χ0n) is 23.6. The number of aromatic hydroxyl groups is 1. The number of nitrogens with zero attached hydrogens (tertiary/aromatic N) is 4. The van der Waals surface area contributed by atoms with E-state index >= 15 is 0 Å². The van der Waals surface area contributed by atoms with Gasteiger partial charge in [0, 0.05) is 5.92 Å². The molecular formula is C32H26ClFN4O6. The van der Waals surface area contributed by atoms with Crippen LogP contribution in [0, 0.1) is 17.2 Å². The molecule has 10 nitrogen and oxygen atoms in total. The van der Waals surface area contributed by atoms with Gasteiger partial charge in [0.2, 0.25) is 11.8 Å². The molecule has 0 unspecified atom stereocenters. The number of rotatable bonds is 4. The van der Waals surface area contributed by atoms with Crippen LogP contribution in [0.5, 0.6) is 11.5 Å². The first-order valence-corrected chi connectivity index (χ1v) is 14.4. The number of hydrogen-bond donors (Lipinski definition) is 1. The van der Waals surface area contributed by atoms with E-state index in [0.29, 0.717) is 16.8 Å². The zero-order valence-corrected chi connectivity index (χ0v) is 24.4. The number of hydrogen-bond acceptors (Lipinski definition) is 6. The normalized spacial score (nSPS) is 24.0. The van der Waals surface area contributed by atoms with Crippen molar-refractivity contribution >= 4 is 29.1 Å². The number of anilines is 1.